The average Bonchev–Trinajstić information content (AvgIpc) is 2.96. The largest absolute Gasteiger partial charge is 0.246 e. The zero-order chi connectivity index (χ0) is 16.6. The number of sulfonamides is 1. The number of nitrogens with zero attached hydrogens (tertiary/aromatic N) is 2. The first-order chi connectivity index (χ1) is 10.9. The van der Waals surface area contributed by atoms with Crippen molar-refractivity contribution in [2.75, 3.05) is 13.1 Å². The summed E-state index contributed by atoms with van der Waals surface area (Å²) in [7, 11) is -3.79. The molecular formula is C15H16F2N2O2S2. The van der Waals surface area contributed by atoms with Crippen LogP contribution in [0.15, 0.2) is 28.5 Å². The van der Waals surface area contributed by atoms with Gasteiger partial charge >= 0.3 is 0 Å². The van der Waals surface area contributed by atoms with E-state index in [2.05, 4.69) is 4.98 Å². The monoisotopic (exact) mass is 358 g/mol. The van der Waals surface area contributed by atoms with Crippen molar-refractivity contribution in [2.45, 2.75) is 30.6 Å². The van der Waals surface area contributed by atoms with Crippen LogP contribution in [0.25, 0.3) is 0 Å². The Morgan fingerprint density at radius 2 is 1.91 bits per heavy atom. The van der Waals surface area contributed by atoms with E-state index < -0.39 is 21.7 Å². The zero-order valence-corrected chi connectivity index (χ0v) is 14.1. The van der Waals surface area contributed by atoms with Crippen molar-refractivity contribution in [3.8, 4) is 0 Å². The lowest BCUT2D eigenvalue weighted by molar-refractivity contribution is 0.319. The molecule has 1 saturated heterocycles. The van der Waals surface area contributed by atoms with Crippen molar-refractivity contribution in [2.24, 2.45) is 0 Å². The van der Waals surface area contributed by atoms with Gasteiger partial charge in [-0.2, -0.15) is 4.31 Å². The number of hydrogen-bond acceptors (Lipinski definition) is 4. The second-order valence-corrected chi connectivity index (χ2v) is 8.41. The molecule has 0 spiro atoms. The minimum Gasteiger partial charge on any atom is -0.246 e. The van der Waals surface area contributed by atoms with Gasteiger partial charge in [-0.3, -0.25) is 0 Å². The van der Waals surface area contributed by atoms with Crippen LogP contribution < -0.4 is 0 Å². The highest BCUT2D eigenvalue weighted by Gasteiger charge is 2.31. The van der Waals surface area contributed by atoms with Crippen LogP contribution in [0.5, 0.6) is 0 Å². The third kappa shape index (κ3) is 3.29. The van der Waals surface area contributed by atoms with Crippen LogP contribution >= 0.6 is 11.3 Å². The smallest absolute Gasteiger partial charge is 0.243 e. The lowest BCUT2D eigenvalue weighted by Gasteiger charge is -2.30. The molecule has 0 unspecified atom stereocenters. The molecule has 0 radical (unpaired) electrons. The van der Waals surface area contributed by atoms with Crippen molar-refractivity contribution in [1.29, 1.82) is 0 Å². The minimum absolute atomic E-state index is 0.208. The number of piperidine rings is 1. The number of thiazole rings is 1. The predicted molar refractivity (Wildman–Crippen MR) is 83.9 cm³/mol. The maximum atomic E-state index is 13.3. The van der Waals surface area contributed by atoms with E-state index >= 15 is 0 Å². The van der Waals surface area contributed by atoms with Crippen LogP contribution in [0.4, 0.5) is 8.78 Å². The van der Waals surface area contributed by atoms with Crippen LogP contribution in [-0.2, 0) is 10.0 Å². The first kappa shape index (κ1) is 16.5. The van der Waals surface area contributed by atoms with Gasteiger partial charge in [0.05, 0.1) is 9.90 Å². The Morgan fingerprint density at radius 3 is 2.48 bits per heavy atom. The van der Waals surface area contributed by atoms with Crippen LogP contribution in [0.1, 0.15) is 29.5 Å². The molecule has 8 heteroatoms. The van der Waals surface area contributed by atoms with Crippen LogP contribution in [0.3, 0.4) is 0 Å². The summed E-state index contributed by atoms with van der Waals surface area (Å²) in [5.74, 6) is -1.95. The average molecular weight is 358 g/mol. The minimum atomic E-state index is -3.79. The van der Waals surface area contributed by atoms with Gasteiger partial charge in [0.15, 0.2) is 11.6 Å². The van der Waals surface area contributed by atoms with E-state index in [1.165, 1.54) is 4.31 Å². The summed E-state index contributed by atoms with van der Waals surface area (Å²) in [6.45, 7) is 2.64. The highest BCUT2D eigenvalue weighted by Crippen LogP contribution is 2.32. The molecule has 3 rings (SSSR count). The number of rotatable bonds is 3. The lowest BCUT2D eigenvalue weighted by atomic mass is 9.99. The van der Waals surface area contributed by atoms with Crippen molar-refractivity contribution >= 4 is 21.4 Å². The second-order valence-electron chi connectivity index (χ2n) is 5.58. The standard InChI is InChI=1S/C15H16F2N2O2S2/c1-10-9-22-15(18-10)11-4-6-19(7-5-11)23(20,21)12-2-3-13(16)14(17)8-12/h2-3,8-9,11H,4-7H2,1H3. The van der Waals surface area contributed by atoms with E-state index in [-0.39, 0.29) is 10.8 Å². The Kier molecular flexibility index (Phi) is 4.48. The SMILES string of the molecule is Cc1csc(C2CCN(S(=O)(=O)c3ccc(F)c(F)c3)CC2)n1. The van der Waals surface area contributed by atoms with Crippen molar-refractivity contribution in [1.82, 2.24) is 9.29 Å². The molecule has 1 fully saturated rings. The van der Waals surface area contributed by atoms with Gasteiger partial charge in [-0.1, -0.05) is 0 Å². The fourth-order valence-corrected chi connectivity index (χ4v) is 5.14. The molecule has 0 aliphatic carbocycles. The highest BCUT2D eigenvalue weighted by atomic mass is 32.2. The first-order valence-corrected chi connectivity index (χ1v) is 9.57. The lowest BCUT2D eigenvalue weighted by Crippen LogP contribution is -2.37. The Morgan fingerprint density at radius 1 is 1.22 bits per heavy atom. The van der Waals surface area contributed by atoms with E-state index in [1.807, 2.05) is 12.3 Å². The molecular weight excluding hydrogens is 342 g/mol. The molecule has 0 bridgehead atoms. The summed E-state index contributed by atoms with van der Waals surface area (Å²) < 4.78 is 52.7. The van der Waals surface area contributed by atoms with Gasteiger partial charge < -0.3 is 0 Å². The predicted octanol–water partition coefficient (Wildman–Crippen LogP) is 3.30. The van der Waals surface area contributed by atoms with Gasteiger partial charge in [0, 0.05) is 30.1 Å². The Labute approximate surface area is 137 Å². The normalized spacial score (nSPS) is 17.5. The summed E-state index contributed by atoms with van der Waals surface area (Å²) in [6.07, 6.45) is 1.35. The summed E-state index contributed by atoms with van der Waals surface area (Å²) in [5.41, 5.74) is 0.974. The van der Waals surface area contributed by atoms with Crippen molar-refractivity contribution in [3.05, 3.63) is 45.9 Å². The van der Waals surface area contributed by atoms with Gasteiger partial charge in [-0.25, -0.2) is 22.2 Å². The second kappa shape index (κ2) is 6.26. The third-order valence-corrected chi connectivity index (χ3v) is 6.99. The molecule has 0 saturated carbocycles. The summed E-state index contributed by atoms with van der Waals surface area (Å²) in [6, 6.07) is 2.68. The van der Waals surface area contributed by atoms with E-state index in [1.54, 1.807) is 11.3 Å². The van der Waals surface area contributed by atoms with Gasteiger partial charge in [0.1, 0.15) is 0 Å². The zero-order valence-electron chi connectivity index (χ0n) is 12.5. The Balaban J connectivity index is 1.74. The fraction of sp³-hybridized carbons (Fsp3) is 0.400. The molecule has 2 aromatic rings. The van der Waals surface area contributed by atoms with Crippen LogP contribution in [0.2, 0.25) is 0 Å². The van der Waals surface area contributed by atoms with Crippen molar-refractivity contribution < 1.29 is 17.2 Å². The van der Waals surface area contributed by atoms with Crippen molar-refractivity contribution in [3.63, 3.8) is 0 Å². The molecule has 1 aromatic carbocycles. The topological polar surface area (TPSA) is 50.3 Å². The van der Waals surface area contributed by atoms with Crippen LogP contribution in [0, 0.1) is 18.6 Å². The van der Waals surface area contributed by atoms with Gasteiger partial charge in [0.2, 0.25) is 10.0 Å². The molecule has 1 aliphatic rings. The third-order valence-electron chi connectivity index (χ3n) is 3.97. The van der Waals surface area contributed by atoms with E-state index in [9.17, 15) is 17.2 Å². The first-order valence-electron chi connectivity index (χ1n) is 7.25. The molecule has 1 aliphatic heterocycles. The maximum Gasteiger partial charge on any atom is 0.243 e. The summed E-state index contributed by atoms with van der Waals surface area (Å²) in [4.78, 5) is 4.25. The number of halogens is 2. The van der Waals surface area contributed by atoms with Gasteiger partial charge in [-0.05, 0) is 38.0 Å². The van der Waals surface area contributed by atoms with E-state index in [0.717, 1.165) is 28.9 Å². The van der Waals surface area contributed by atoms with Crippen LogP contribution in [-0.4, -0.2) is 30.8 Å². The van der Waals surface area contributed by atoms with Gasteiger partial charge in [-0.15, -0.1) is 11.3 Å². The Bertz CT molecular complexity index is 813. The van der Waals surface area contributed by atoms with E-state index in [0.29, 0.717) is 25.9 Å². The highest BCUT2D eigenvalue weighted by molar-refractivity contribution is 7.89. The number of benzene rings is 1. The summed E-state index contributed by atoms with van der Waals surface area (Å²) >= 11 is 1.59. The molecule has 23 heavy (non-hydrogen) atoms. The molecule has 124 valence electrons. The number of aromatic nitrogens is 1. The molecule has 0 atom stereocenters. The Hall–Kier alpha value is -1.38. The molecule has 2 heterocycles. The van der Waals surface area contributed by atoms with Gasteiger partial charge in [0.25, 0.3) is 0 Å². The number of aryl methyl sites for hydroxylation is 1. The number of hydrogen-bond donors (Lipinski definition) is 0. The van der Waals surface area contributed by atoms with E-state index in [4.69, 9.17) is 0 Å². The molecule has 1 aromatic heterocycles. The fourth-order valence-electron chi connectivity index (χ4n) is 2.69. The molecule has 4 nitrogen and oxygen atoms in total. The molecule has 0 N–H and O–H groups in total. The summed E-state index contributed by atoms with van der Waals surface area (Å²) in [5, 5.41) is 3.02. The maximum absolute atomic E-state index is 13.3. The quantitative estimate of drug-likeness (QED) is 0.846. The molecule has 0 amide bonds.